The first-order valence-corrected chi connectivity index (χ1v) is 6.18. The Labute approximate surface area is 118 Å². The second kappa shape index (κ2) is 5.15. The first-order chi connectivity index (χ1) is 9.75. The topological polar surface area (TPSA) is 102 Å². The van der Waals surface area contributed by atoms with Gasteiger partial charge in [0.05, 0.1) is 22.7 Å². The summed E-state index contributed by atoms with van der Waals surface area (Å²) in [4.78, 5) is 23.1. The molecule has 1 heterocycles. The minimum absolute atomic E-state index is 0.0498. The van der Waals surface area contributed by atoms with Crippen LogP contribution in [0.25, 0.3) is 0 Å². The van der Waals surface area contributed by atoms with E-state index >= 15 is 0 Å². The highest BCUT2D eigenvalue weighted by Gasteiger charge is 2.39. The van der Waals surface area contributed by atoms with Gasteiger partial charge in [0.25, 0.3) is 17.5 Å². The zero-order valence-corrected chi connectivity index (χ0v) is 11.2. The third kappa shape index (κ3) is 2.86. The number of nitrogens with zero attached hydrogens (tertiary/aromatic N) is 2. The van der Waals surface area contributed by atoms with Crippen LogP contribution in [-0.2, 0) is 0 Å². The lowest BCUT2D eigenvalue weighted by Crippen LogP contribution is -2.27. The number of amides is 1. The number of benzene rings is 1. The highest BCUT2D eigenvalue weighted by atomic mass is 19.3. The first kappa shape index (κ1) is 14.9. The van der Waals surface area contributed by atoms with Gasteiger partial charge >= 0.3 is 0 Å². The molecule has 0 bridgehead atoms. The van der Waals surface area contributed by atoms with Gasteiger partial charge in [-0.3, -0.25) is 14.9 Å². The molecule has 114 valence electrons. The second-order valence-corrected chi connectivity index (χ2v) is 4.79. The molecule has 9 heteroatoms. The van der Waals surface area contributed by atoms with Gasteiger partial charge in [-0.2, -0.15) is 0 Å². The van der Waals surface area contributed by atoms with E-state index in [9.17, 15) is 23.7 Å². The van der Waals surface area contributed by atoms with Gasteiger partial charge in [0, 0.05) is 26.1 Å². The molecule has 0 aromatic heterocycles. The van der Waals surface area contributed by atoms with E-state index in [1.165, 1.54) is 18.0 Å². The van der Waals surface area contributed by atoms with Crippen LogP contribution in [0.15, 0.2) is 12.1 Å². The summed E-state index contributed by atoms with van der Waals surface area (Å²) in [6, 6.07) is 2.32. The van der Waals surface area contributed by atoms with E-state index in [0.29, 0.717) is 0 Å². The molecule has 0 saturated carbocycles. The molecule has 1 fully saturated rings. The highest BCUT2D eigenvalue weighted by Crippen LogP contribution is 2.37. The third-order valence-corrected chi connectivity index (χ3v) is 3.36. The molecular formula is C12H14F2N4O3. The summed E-state index contributed by atoms with van der Waals surface area (Å²) in [5.41, 5.74) is 5.05. The van der Waals surface area contributed by atoms with Gasteiger partial charge in [-0.05, 0) is 6.07 Å². The van der Waals surface area contributed by atoms with Crippen LogP contribution in [0.3, 0.4) is 0 Å². The Bertz CT molecular complexity index is 606. The Morgan fingerprint density at radius 3 is 2.62 bits per heavy atom. The number of nitrogens with two attached hydrogens (primary N) is 1. The molecule has 0 spiro atoms. The van der Waals surface area contributed by atoms with E-state index in [4.69, 9.17) is 5.73 Å². The first-order valence-electron chi connectivity index (χ1n) is 6.18. The predicted octanol–water partition coefficient (Wildman–Crippen LogP) is 1.58. The van der Waals surface area contributed by atoms with E-state index < -0.39 is 23.3 Å². The third-order valence-electron chi connectivity index (χ3n) is 3.36. The van der Waals surface area contributed by atoms with Crippen molar-refractivity contribution in [2.45, 2.75) is 12.3 Å². The van der Waals surface area contributed by atoms with E-state index in [-0.39, 0.29) is 35.6 Å². The van der Waals surface area contributed by atoms with Gasteiger partial charge < -0.3 is 16.0 Å². The number of halogens is 2. The van der Waals surface area contributed by atoms with Gasteiger partial charge in [-0.25, -0.2) is 8.78 Å². The lowest BCUT2D eigenvalue weighted by atomic mass is 10.1. The minimum Gasteiger partial charge on any atom is -0.383 e. The standard InChI is InChI=1S/C12H14F2N4O3/c1-16-8-5-9(17-3-2-12(13,14)6-17)7(11(15)19)4-10(8)18(20)21/h4-5,16H,2-3,6H2,1H3,(H2,15,19). The average Bonchev–Trinajstić information content (AvgIpc) is 2.77. The number of hydrogen-bond acceptors (Lipinski definition) is 5. The number of primary amides is 1. The highest BCUT2D eigenvalue weighted by molar-refractivity contribution is 6.01. The molecule has 21 heavy (non-hydrogen) atoms. The van der Waals surface area contributed by atoms with Gasteiger partial charge in [0.1, 0.15) is 5.69 Å². The summed E-state index contributed by atoms with van der Waals surface area (Å²) in [6.07, 6.45) is -0.336. The van der Waals surface area contributed by atoms with Crippen LogP contribution in [0, 0.1) is 10.1 Å². The van der Waals surface area contributed by atoms with Crippen molar-refractivity contribution in [1.82, 2.24) is 0 Å². The molecule has 1 aromatic carbocycles. The van der Waals surface area contributed by atoms with Crippen LogP contribution in [0.1, 0.15) is 16.8 Å². The maximum Gasteiger partial charge on any atom is 0.293 e. The molecule has 7 nitrogen and oxygen atoms in total. The average molecular weight is 300 g/mol. The van der Waals surface area contributed by atoms with Crippen molar-refractivity contribution in [3.63, 3.8) is 0 Å². The van der Waals surface area contributed by atoms with Crippen molar-refractivity contribution < 1.29 is 18.5 Å². The number of nitrogens with one attached hydrogen (secondary N) is 1. The molecule has 0 radical (unpaired) electrons. The number of anilines is 2. The van der Waals surface area contributed by atoms with Crippen LogP contribution in [-0.4, -0.2) is 36.9 Å². The van der Waals surface area contributed by atoms with E-state index in [1.807, 2.05) is 0 Å². The Hall–Kier alpha value is -2.45. The molecule has 1 amide bonds. The Morgan fingerprint density at radius 1 is 1.52 bits per heavy atom. The Kier molecular flexibility index (Phi) is 3.67. The monoisotopic (exact) mass is 300 g/mol. The maximum absolute atomic E-state index is 13.3. The van der Waals surface area contributed by atoms with Crippen LogP contribution < -0.4 is 16.0 Å². The second-order valence-electron chi connectivity index (χ2n) is 4.79. The molecule has 0 aliphatic carbocycles. The van der Waals surface area contributed by atoms with Gasteiger partial charge in [0.2, 0.25) is 0 Å². The van der Waals surface area contributed by atoms with Crippen molar-refractivity contribution in [2.75, 3.05) is 30.4 Å². The number of rotatable bonds is 4. The molecular weight excluding hydrogens is 286 g/mol. The number of carbonyl (C=O) groups excluding carboxylic acids is 1. The Morgan fingerprint density at radius 2 is 2.19 bits per heavy atom. The number of hydrogen-bond donors (Lipinski definition) is 2. The van der Waals surface area contributed by atoms with Crippen molar-refractivity contribution in [1.29, 1.82) is 0 Å². The van der Waals surface area contributed by atoms with Crippen molar-refractivity contribution >= 4 is 23.0 Å². The number of nitro benzene ring substituents is 1. The lowest BCUT2D eigenvalue weighted by Gasteiger charge is -2.21. The fourth-order valence-electron chi connectivity index (χ4n) is 2.33. The van der Waals surface area contributed by atoms with Gasteiger partial charge in [-0.1, -0.05) is 0 Å². The normalized spacial score (nSPS) is 16.8. The minimum atomic E-state index is -2.85. The number of nitro groups is 1. The smallest absolute Gasteiger partial charge is 0.293 e. The van der Waals surface area contributed by atoms with Crippen LogP contribution in [0.2, 0.25) is 0 Å². The molecule has 1 aromatic rings. The summed E-state index contributed by atoms with van der Waals surface area (Å²) >= 11 is 0. The lowest BCUT2D eigenvalue weighted by molar-refractivity contribution is -0.383. The van der Waals surface area contributed by atoms with Gasteiger partial charge in [-0.15, -0.1) is 0 Å². The Balaban J connectivity index is 2.54. The summed E-state index contributed by atoms with van der Waals surface area (Å²) < 4.78 is 26.6. The van der Waals surface area contributed by atoms with Crippen LogP contribution in [0.4, 0.5) is 25.8 Å². The maximum atomic E-state index is 13.3. The van der Waals surface area contributed by atoms with Crippen molar-refractivity contribution in [3.8, 4) is 0 Å². The summed E-state index contributed by atoms with van der Waals surface area (Å²) in [6.45, 7) is -0.498. The van der Waals surface area contributed by atoms with E-state index in [0.717, 1.165) is 6.07 Å². The summed E-state index contributed by atoms with van der Waals surface area (Å²) in [5.74, 6) is -3.75. The fourth-order valence-corrected chi connectivity index (χ4v) is 2.33. The molecule has 1 saturated heterocycles. The predicted molar refractivity (Wildman–Crippen MR) is 72.9 cm³/mol. The fraction of sp³-hybridized carbons (Fsp3) is 0.417. The molecule has 3 N–H and O–H groups in total. The number of alkyl halides is 2. The van der Waals surface area contributed by atoms with E-state index in [1.54, 1.807) is 0 Å². The molecule has 0 atom stereocenters. The van der Waals surface area contributed by atoms with Crippen molar-refractivity contribution in [3.05, 3.63) is 27.8 Å². The molecule has 2 rings (SSSR count). The molecule has 0 unspecified atom stereocenters. The molecule has 1 aliphatic heterocycles. The largest absolute Gasteiger partial charge is 0.383 e. The van der Waals surface area contributed by atoms with Crippen LogP contribution >= 0.6 is 0 Å². The van der Waals surface area contributed by atoms with Crippen molar-refractivity contribution in [2.24, 2.45) is 5.73 Å². The zero-order chi connectivity index (χ0) is 15.8. The zero-order valence-electron chi connectivity index (χ0n) is 11.2. The quantitative estimate of drug-likeness (QED) is 0.649. The SMILES string of the molecule is CNc1cc(N2CCC(F)(F)C2)c(C(N)=O)cc1[N+](=O)[O-]. The summed E-state index contributed by atoms with van der Waals surface area (Å²) in [5, 5.41) is 13.6. The molecule has 1 aliphatic rings. The number of carbonyl (C=O) groups is 1. The van der Waals surface area contributed by atoms with E-state index in [2.05, 4.69) is 5.32 Å². The van der Waals surface area contributed by atoms with Crippen LogP contribution in [0.5, 0.6) is 0 Å². The summed E-state index contributed by atoms with van der Waals surface area (Å²) in [7, 11) is 1.47. The van der Waals surface area contributed by atoms with Gasteiger partial charge in [0.15, 0.2) is 0 Å².